The highest BCUT2D eigenvalue weighted by Gasteiger charge is 1.78. The molecule has 0 aromatic carbocycles. The number of ketones is 1. The maximum Gasteiger partial charge on any atom is 0.178 e. The van der Waals surface area contributed by atoms with E-state index in [0.29, 0.717) is 0 Å². The van der Waals surface area contributed by atoms with Crippen LogP contribution in [0.5, 0.6) is 0 Å². The highest BCUT2D eigenvalue weighted by molar-refractivity contribution is 5.98. The molecule has 0 saturated carbocycles. The van der Waals surface area contributed by atoms with E-state index < -0.39 is 0 Å². The summed E-state index contributed by atoms with van der Waals surface area (Å²) in [4.78, 5) is 10.1. The molecule has 0 spiro atoms. The van der Waals surface area contributed by atoms with E-state index >= 15 is 0 Å². The van der Waals surface area contributed by atoms with Gasteiger partial charge in [-0.25, -0.2) is 0 Å². The van der Waals surface area contributed by atoms with Crippen molar-refractivity contribution in [1.82, 2.24) is 0 Å². The molecule has 7 heavy (non-hydrogen) atoms. The Bertz CT molecular complexity index is 101. The Morgan fingerprint density at radius 3 is 2.43 bits per heavy atom. The van der Waals surface area contributed by atoms with Gasteiger partial charge in [0.1, 0.15) is 0 Å². The molecule has 0 amide bonds. The van der Waals surface area contributed by atoms with Gasteiger partial charge in [-0.05, 0) is 19.1 Å². The smallest absolute Gasteiger partial charge is 0.178 e. The molecule has 0 aliphatic heterocycles. The summed E-state index contributed by atoms with van der Waals surface area (Å²) in [6.07, 6.45) is 4.08. The predicted octanol–water partition coefficient (Wildman–Crippen LogP) is 1.12. The van der Waals surface area contributed by atoms with Crippen LogP contribution < -0.4 is 0 Å². The molecule has 1 radical (unpaired) electrons. The van der Waals surface area contributed by atoms with Crippen LogP contribution in [0.4, 0.5) is 0 Å². The molecule has 0 rings (SSSR count). The zero-order valence-corrected chi connectivity index (χ0v) is 4.22. The Labute approximate surface area is 43.3 Å². The van der Waals surface area contributed by atoms with Crippen LogP contribution in [0.2, 0.25) is 0 Å². The van der Waals surface area contributed by atoms with Crippen molar-refractivity contribution in [2.45, 2.75) is 6.92 Å². The third-order valence-corrected chi connectivity index (χ3v) is 0.495. The summed E-state index contributed by atoms with van der Waals surface area (Å²) >= 11 is 0. The Kier molecular flexibility index (Phi) is 2.94. The lowest BCUT2D eigenvalue weighted by Gasteiger charge is -1.71. The van der Waals surface area contributed by atoms with Gasteiger partial charge in [-0.1, -0.05) is 12.7 Å². The number of hydrogen-bond donors (Lipinski definition) is 0. The first-order valence-corrected chi connectivity index (χ1v) is 2.03. The molecular formula is C6H7O. The normalized spacial score (nSPS) is 9.29. The van der Waals surface area contributed by atoms with Crippen LogP contribution in [0.1, 0.15) is 6.92 Å². The number of carbonyl (C=O) groups excluding carboxylic acids is 1. The number of allylic oxidation sites excluding steroid dienone is 3. The molecule has 0 unspecified atom stereocenters. The van der Waals surface area contributed by atoms with E-state index in [1.807, 2.05) is 0 Å². The van der Waals surface area contributed by atoms with Gasteiger partial charge in [0.2, 0.25) is 0 Å². The minimum Gasteiger partial charge on any atom is -0.290 e. The SMILES string of the molecule is [CH]=CC(=O)C=CC. The van der Waals surface area contributed by atoms with Crippen molar-refractivity contribution in [3.05, 3.63) is 24.8 Å². The van der Waals surface area contributed by atoms with Crippen molar-refractivity contribution in [3.8, 4) is 0 Å². The Hall–Kier alpha value is -0.850. The van der Waals surface area contributed by atoms with Crippen LogP contribution in [0.15, 0.2) is 18.2 Å². The topological polar surface area (TPSA) is 17.1 Å². The standard InChI is InChI=1S/C6H7O/c1-3-5-6(7)4-2/h2-5H,1H3. The van der Waals surface area contributed by atoms with Gasteiger partial charge in [-0.2, -0.15) is 0 Å². The number of rotatable bonds is 2. The highest BCUT2D eigenvalue weighted by Crippen LogP contribution is 1.73. The fourth-order valence-electron chi connectivity index (χ4n) is 0.220. The average Bonchev–Trinajstić information content (AvgIpc) is 1.68. The third-order valence-electron chi connectivity index (χ3n) is 0.495. The average molecular weight is 95.1 g/mol. The van der Waals surface area contributed by atoms with E-state index in [4.69, 9.17) is 6.58 Å². The maximum atomic E-state index is 10.1. The summed E-state index contributed by atoms with van der Waals surface area (Å²) in [5.41, 5.74) is 0. The summed E-state index contributed by atoms with van der Waals surface area (Å²) in [7, 11) is 0. The monoisotopic (exact) mass is 95.0 g/mol. The van der Waals surface area contributed by atoms with Gasteiger partial charge in [-0.3, -0.25) is 4.79 Å². The summed E-state index contributed by atoms with van der Waals surface area (Å²) in [5.74, 6) is -0.150. The maximum absolute atomic E-state index is 10.1. The molecule has 0 aliphatic rings. The molecule has 0 saturated heterocycles. The van der Waals surface area contributed by atoms with Crippen LogP contribution in [-0.4, -0.2) is 5.78 Å². The fraction of sp³-hybridized carbons (Fsp3) is 0.167. The number of hydrogen-bond acceptors (Lipinski definition) is 1. The third kappa shape index (κ3) is 2.97. The Balaban J connectivity index is 3.58. The van der Waals surface area contributed by atoms with Crippen molar-refractivity contribution < 1.29 is 4.79 Å². The summed E-state index contributed by atoms with van der Waals surface area (Å²) < 4.78 is 0. The molecule has 0 bridgehead atoms. The molecule has 0 aliphatic carbocycles. The van der Waals surface area contributed by atoms with Gasteiger partial charge in [-0.15, -0.1) is 0 Å². The van der Waals surface area contributed by atoms with E-state index in [1.54, 1.807) is 13.0 Å². The van der Waals surface area contributed by atoms with Gasteiger partial charge >= 0.3 is 0 Å². The first-order valence-electron chi connectivity index (χ1n) is 2.03. The molecule has 0 fully saturated rings. The second kappa shape index (κ2) is 3.34. The minimum atomic E-state index is -0.150. The Morgan fingerprint density at radius 2 is 2.29 bits per heavy atom. The van der Waals surface area contributed by atoms with Crippen molar-refractivity contribution in [2.24, 2.45) is 0 Å². The summed E-state index contributed by atoms with van der Waals surface area (Å²) in [6, 6.07) is 0. The second-order valence-corrected chi connectivity index (χ2v) is 1.07. The lowest BCUT2D eigenvalue weighted by molar-refractivity contribution is -0.110. The van der Waals surface area contributed by atoms with Crippen LogP contribution in [0.25, 0.3) is 0 Å². The van der Waals surface area contributed by atoms with Crippen molar-refractivity contribution in [3.63, 3.8) is 0 Å². The zero-order chi connectivity index (χ0) is 5.70. The first-order chi connectivity index (χ1) is 3.31. The summed E-state index contributed by atoms with van der Waals surface area (Å²) in [5, 5.41) is 0. The minimum absolute atomic E-state index is 0.150. The molecule has 0 atom stereocenters. The van der Waals surface area contributed by atoms with Crippen LogP contribution in [-0.2, 0) is 4.79 Å². The highest BCUT2D eigenvalue weighted by atomic mass is 16.1. The zero-order valence-electron chi connectivity index (χ0n) is 4.22. The van der Waals surface area contributed by atoms with E-state index in [-0.39, 0.29) is 5.78 Å². The Morgan fingerprint density at radius 1 is 1.71 bits per heavy atom. The van der Waals surface area contributed by atoms with Gasteiger partial charge in [0.25, 0.3) is 0 Å². The quantitative estimate of drug-likeness (QED) is 0.470. The molecule has 1 nitrogen and oxygen atoms in total. The fourth-order valence-corrected chi connectivity index (χ4v) is 0.220. The lowest BCUT2D eigenvalue weighted by Crippen LogP contribution is -1.80. The van der Waals surface area contributed by atoms with Gasteiger partial charge in [0.05, 0.1) is 0 Å². The van der Waals surface area contributed by atoms with Gasteiger partial charge in [0, 0.05) is 0 Å². The lowest BCUT2D eigenvalue weighted by atomic mass is 10.3. The molecule has 0 heterocycles. The van der Waals surface area contributed by atoms with Crippen LogP contribution in [0, 0.1) is 6.58 Å². The van der Waals surface area contributed by atoms with Crippen molar-refractivity contribution >= 4 is 5.78 Å². The summed E-state index contributed by atoms with van der Waals surface area (Å²) in [6.45, 7) is 6.60. The van der Waals surface area contributed by atoms with Gasteiger partial charge < -0.3 is 0 Å². The van der Waals surface area contributed by atoms with E-state index in [2.05, 4.69) is 0 Å². The predicted molar refractivity (Wildman–Crippen MR) is 28.7 cm³/mol. The van der Waals surface area contributed by atoms with Gasteiger partial charge in [0.15, 0.2) is 5.78 Å². The first kappa shape index (κ1) is 6.15. The molecule has 0 aromatic heterocycles. The van der Waals surface area contributed by atoms with Crippen molar-refractivity contribution in [1.29, 1.82) is 0 Å². The number of carbonyl (C=O) groups is 1. The van der Waals surface area contributed by atoms with E-state index in [1.165, 1.54) is 6.08 Å². The van der Waals surface area contributed by atoms with E-state index in [0.717, 1.165) is 6.08 Å². The van der Waals surface area contributed by atoms with Crippen LogP contribution >= 0.6 is 0 Å². The van der Waals surface area contributed by atoms with Crippen LogP contribution in [0.3, 0.4) is 0 Å². The molecule has 0 aromatic rings. The molecule has 1 heteroatoms. The second-order valence-electron chi connectivity index (χ2n) is 1.07. The van der Waals surface area contributed by atoms with E-state index in [9.17, 15) is 4.79 Å². The molecule has 0 N–H and O–H groups in total. The molecular weight excluding hydrogens is 88.1 g/mol. The largest absolute Gasteiger partial charge is 0.290 e. The molecule has 37 valence electrons. The van der Waals surface area contributed by atoms with Crippen molar-refractivity contribution in [2.75, 3.05) is 0 Å².